The van der Waals surface area contributed by atoms with Crippen LogP contribution in [0.1, 0.15) is 32.8 Å². The normalized spacial score (nSPS) is 13.0. The Balaban J connectivity index is 0.00000529. The van der Waals surface area contributed by atoms with Crippen LogP contribution in [0.2, 0.25) is 0 Å². The lowest BCUT2D eigenvalue weighted by molar-refractivity contribution is -0.154. The molecule has 0 aliphatic carbocycles. The molecule has 0 fully saturated rings. The van der Waals surface area contributed by atoms with Gasteiger partial charge < -0.3 is 15.4 Å². The first-order valence-corrected chi connectivity index (χ1v) is 7.54. The lowest BCUT2D eigenvalue weighted by Gasteiger charge is -2.16. The number of nitrogens with one attached hydrogen (secondary N) is 2. The number of hydrogen-bond donors (Lipinski definition) is 2. The van der Waals surface area contributed by atoms with Crippen molar-refractivity contribution in [2.24, 2.45) is 4.99 Å². The molecule has 1 unspecified atom stereocenters. The molecule has 0 aromatic carbocycles. The molecular formula is C15H24F3IN4O. The van der Waals surface area contributed by atoms with E-state index in [9.17, 15) is 13.2 Å². The number of nitrogens with zero attached hydrogens (tertiary/aromatic N) is 2. The number of ether oxygens (including phenoxy) is 1. The van der Waals surface area contributed by atoms with Gasteiger partial charge >= 0.3 is 6.18 Å². The lowest BCUT2D eigenvalue weighted by Crippen LogP contribution is -2.41. The highest BCUT2D eigenvalue weighted by atomic mass is 127. The Morgan fingerprint density at radius 1 is 1.38 bits per heavy atom. The Kier molecular flexibility index (Phi) is 10.7. The predicted octanol–water partition coefficient (Wildman–Crippen LogP) is 3.49. The summed E-state index contributed by atoms with van der Waals surface area (Å²) in [5, 5.41) is 6.30. The summed E-state index contributed by atoms with van der Waals surface area (Å²) in [6, 6.07) is 3.53. The van der Waals surface area contributed by atoms with Crippen LogP contribution in [0.3, 0.4) is 0 Å². The summed E-state index contributed by atoms with van der Waals surface area (Å²) in [5.74, 6) is 0.556. The first kappa shape index (κ1) is 22.7. The van der Waals surface area contributed by atoms with Crippen LogP contribution in [0.4, 0.5) is 13.2 Å². The van der Waals surface area contributed by atoms with Crippen molar-refractivity contribution in [2.75, 3.05) is 13.2 Å². The van der Waals surface area contributed by atoms with Crippen LogP contribution >= 0.6 is 24.0 Å². The third kappa shape index (κ3) is 9.14. The molecule has 0 aliphatic heterocycles. The van der Waals surface area contributed by atoms with E-state index in [1.165, 1.54) is 6.20 Å². The van der Waals surface area contributed by atoms with Gasteiger partial charge in [-0.05, 0) is 26.3 Å². The number of aromatic nitrogens is 1. The molecule has 0 radical (unpaired) electrons. The molecular weight excluding hydrogens is 436 g/mol. The van der Waals surface area contributed by atoms with E-state index in [0.29, 0.717) is 18.1 Å². The Bertz CT molecular complexity index is 512. The Morgan fingerprint density at radius 2 is 2.08 bits per heavy atom. The molecule has 1 heterocycles. The van der Waals surface area contributed by atoms with Crippen LogP contribution in [0.5, 0.6) is 5.88 Å². The SMILES string of the molecule is CCNC(=NCc1cccnc1OCC(F)(F)F)NC(C)CC.I. The highest BCUT2D eigenvalue weighted by Crippen LogP contribution is 2.20. The number of pyridine rings is 1. The summed E-state index contributed by atoms with van der Waals surface area (Å²) in [7, 11) is 0. The molecule has 2 N–H and O–H groups in total. The molecule has 138 valence electrons. The van der Waals surface area contributed by atoms with Crippen molar-refractivity contribution in [3.8, 4) is 5.88 Å². The topological polar surface area (TPSA) is 58.5 Å². The fourth-order valence-corrected chi connectivity index (χ4v) is 1.64. The molecule has 0 saturated carbocycles. The van der Waals surface area contributed by atoms with Gasteiger partial charge in [0.2, 0.25) is 5.88 Å². The van der Waals surface area contributed by atoms with Gasteiger partial charge in [-0.1, -0.05) is 13.0 Å². The van der Waals surface area contributed by atoms with E-state index >= 15 is 0 Å². The number of aliphatic imine (C=N–C) groups is 1. The van der Waals surface area contributed by atoms with Gasteiger partial charge in [0, 0.05) is 24.3 Å². The van der Waals surface area contributed by atoms with Crippen molar-refractivity contribution < 1.29 is 17.9 Å². The average Bonchev–Trinajstić information content (AvgIpc) is 2.50. The molecule has 1 aromatic rings. The second-order valence-corrected chi connectivity index (χ2v) is 5.02. The zero-order valence-corrected chi connectivity index (χ0v) is 16.3. The van der Waals surface area contributed by atoms with Gasteiger partial charge in [-0.25, -0.2) is 9.98 Å². The lowest BCUT2D eigenvalue weighted by atomic mass is 10.2. The van der Waals surface area contributed by atoms with Crippen LogP contribution < -0.4 is 15.4 Å². The van der Waals surface area contributed by atoms with E-state index in [1.807, 2.05) is 20.8 Å². The van der Waals surface area contributed by atoms with E-state index in [4.69, 9.17) is 4.74 Å². The summed E-state index contributed by atoms with van der Waals surface area (Å²) in [4.78, 5) is 8.22. The molecule has 1 atom stereocenters. The summed E-state index contributed by atoms with van der Waals surface area (Å²) in [6.45, 7) is 5.50. The fourth-order valence-electron chi connectivity index (χ4n) is 1.64. The molecule has 0 aliphatic rings. The second-order valence-electron chi connectivity index (χ2n) is 5.02. The largest absolute Gasteiger partial charge is 0.468 e. The summed E-state index contributed by atoms with van der Waals surface area (Å²) in [5.41, 5.74) is 0.498. The van der Waals surface area contributed by atoms with Crippen molar-refractivity contribution in [1.82, 2.24) is 15.6 Å². The maximum Gasteiger partial charge on any atom is 0.422 e. The molecule has 0 spiro atoms. The van der Waals surface area contributed by atoms with Crippen LogP contribution in [0, 0.1) is 0 Å². The average molecular weight is 460 g/mol. The van der Waals surface area contributed by atoms with Gasteiger partial charge in [0.05, 0.1) is 6.54 Å². The zero-order chi connectivity index (χ0) is 17.3. The van der Waals surface area contributed by atoms with Gasteiger partial charge in [-0.15, -0.1) is 24.0 Å². The quantitative estimate of drug-likeness (QED) is 0.372. The molecule has 9 heteroatoms. The molecule has 1 aromatic heterocycles. The molecule has 0 saturated heterocycles. The van der Waals surface area contributed by atoms with Crippen molar-refractivity contribution >= 4 is 29.9 Å². The minimum Gasteiger partial charge on any atom is -0.468 e. The third-order valence-electron chi connectivity index (χ3n) is 2.97. The van der Waals surface area contributed by atoms with Crippen molar-refractivity contribution in [2.45, 2.75) is 46.0 Å². The number of alkyl halides is 3. The standard InChI is InChI=1S/C15H23F3N4O.HI/c1-4-11(3)22-14(19-5-2)21-9-12-7-6-8-20-13(12)23-10-15(16,17)18;/h6-8,11H,4-5,9-10H2,1-3H3,(H2,19,21,22);1H. The zero-order valence-electron chi connectivity index (χ0n) is 14.0. The molecule has 0 bridgehead atoms. The maximum atomic E-state index is 12.3. The van der Waals surface area contributed by atoms with Crippen molar-refractivity contribution in [1.29, 1.82) is 0 Å². The van der Waals surface area contributed by atoms with Crippen LogP contribution in [-0.4, -0.2) is 36.3 Å². The van der Waals surface area contributed by atoms with E-state index in [0.717, 1.165) is 6.42 Å². The van der Waals surface area contributed by atoms with Gasteiger partial charge in [0.15, 0.2) is 12.6 Å². The van der Waals surface area contributed by atoms with Crippen molar-refractivity contribution in [3.05, 3.63) is 23.9 Å². The van der Waals surface area contributed by atoms with E-state index in [1.54, 1.807) is 12.1 Å². The van der Waals surface area contributed by atoms with Crippen LogP contribution in [0.15, 0.2) is 23.3 Å². The smallest absolute Gasteiger partial charge is 0.422 e. The van der Waals surface area contributed by atoms with Gasteiger partial charge in [0.25, 0.3) is 0 Å². The highest BCUT2D eigenvalue weighted by Gasteiger charge is 2.29. The van der Waals surface area contributed by atoms with Gasteiger partial charge in [0.1, 0.15) is 0 Å². The monoisotopic (exact) mass is 460 g/mol. The first-order valence-electron chi connectivity index (χ1n) is 7.54. The summed E-state index contributed by atoms with van der Waals surface area (Å²) in [6.07, 6.45) is -2.08. The van der Waals surface area contributed by atoms with E-state index in [2.05, 4.69) is 20.6 Å². The number of guanidine groups is 1. The molecule has 24 heavy (non-hydrogen) atoms. The number of rotatable bonds is 7. The minimum absolute atomic E-state index is 0. The molecule has 0 amide bonds. The van der Waals surface area contributed by atoms with Crippen molar-refractivity contribution in [3.63, 3.8) is 0 Å². The number of hydrogen-bond acceptors (Lipinski definition) is 3. The Hall–Kier alpha value is -1.26. The van der Waals surface area contributed by atoms with Gasteiger partial charge in [-0.3, -0.25) is 0 Å². The predicted molar refractivity (Wildman–Crippen MR) is 98.9 cm³/mol. The van der Waals surface area contributed by atoms with E-state index < -0.39 is 12.8 Å². The van der Waals surface area contributed by atoms with E-state index in [-0.39, 0.29) is 42.4 Å². The van der Waals surface area contributed by atoms with Crippen LogP contribution in [-0.2, 0) is 6.54 Å². The van der Waals surface area contributed by atoms with Gasteiger partial charge in [-0.2, -0.15) is 13.2 Å². The van der Waals surface area contributed by atoms with Crippen LogP contribution in [0.25, 0.3) is 0 Å². The highest BCUT2D eigenvalue weighted by molar-refractivity contribution is 14.0. The summed E-state index contributed by atoms with van der Waals surface area (Å²) >= 11 is 0. The second kappa shape index (κ2) is 11.3. The maximum absolute atomic E-state index is 12.3. The molecule has 5 nitrogen and oxygen atoms in total. The Labute approximate surface area is 157 Å². The summed E-state index contributed by atoms with van der Waals surface area (Å²) < 4.78 is 41.6. The Morgan fingerprint density at radius 3 is 2.67 bits per heavy atom. The third-order valence-corrected chi connectivity index (χ3v) is 2.97. The minimum atomic E-state index is -4.40. The number of halogens is 4. The fraction of sp³-hybridized carbons (Fsp3) is 0.600. The molecule has 1 rings (SSSR count). The first-order chi connectivity index (χ1) is 10.9.